The van der Waals surface area contributed by atoms with Gasteiger partial charge < -0.3 is 14.8 Å². The van der Waals surface area contributed by atoms with Crippen molar-refractivity contribution in [3.8, 4) is 5.75 Å². The van der Waals surface area contributed by atoms with Crippen molar-refractivity contribution < 1.29 is 14.3 Å². The fraction of sp³-hybridized carbons (Fsp3) is 0.346. The Bertz CT molecular complexity index is 1260. The highest BCUT2D eigenvalue weighted by atomic mass is 79.9. The van der Waals surface area contributed by atoms with Crippen LogP contribution in [-0.4, -0.2) is 33.1 Å². The molecule has 1 aliphatic heterocycles. The molecule has 0 bridgehead atoms. The van der Waals surface area contributed by atoms with Gasteiger partial charge in [-0.1, -0.05) is 65.8 Å². The van der Waals surface area contributed by atoms with Gasteiger partial charge in [0.15, 0.2) is 0 Å². The normalized spacial score (nSPS) is 14.9. The van der Waals surface area contributed by atoms with Crippen LogP contribution in [0.4, 0.5) is 5.95 Å². The summed E-state index contributed by atoms with van der Waals surface area (Å²) < 4.78 is 14.6. The number of benzene rings is 2. The highest BCUT2D eigenvalue weighted by Crippen LogP contribution is 2.41. The Morgan fingerprint density at radius 2 is 2.00 bits per heavy atom. The van der Waals surface area contributed by atoms with Crippen LogP contribution in [-0.2, 0) is 16.1 Å². The summed E-state index contributed by atoms with van der Waals surface area (Å²) in [6, 6.07) is 13.4. The number of nitrogens with zero attached hydrogens (tertiary/aromatic N) is 3. The third kappa shape index (κ3) is 5.56. The molecule has 1 aliphatic rings. The van der Waals surface area contributed by atoms with Crippen LogP contribution in [0.5, 0.6) is 5.75 Å². The number of halogens is 1. The number of aromatic nitrogens is 3. The van der Waals surface area contributed by atoms with Crippen LogP contribution in [0.25, 0.3) is 0 Å². The molecule has 0 fully saturated rings. The minimum atomic E-state index is -0.557. The number of fused-ring (bicyclic) bond motifs is 1. The van der Waals surface area contributed by atoms with Gasteiger partial charge in [0.05, 0.1) is 12.2 Å². The fourth-order valence-corrected chi connectivity index (χ4v) is 4.87. The second kappa shape index (κ2) is 11.3. The van der Waals surface area contributed by atoms with E-state index < -0.39 is 6.04 Å². The summed E-state index contributed by atoms with van der Waals surface area (Å²) in [5.74, 6) is 1.72. The number of carbonyl (C=O) groups is 1. The van der Waals surface area contributed by atoms with Crippen molar-refractivity contribution in [3.63, 3.8) is 0 Å². The number of allylic oxidation sites excluding steroid dienone is 1. The van der Waals surface area contributed by atoms with E-state index in [2.05, 4.69) is 52.2 Å². The predicted molar refractivity (Wildman–Crippen MR) is 142 cm³/mol. The molecular formula is C26H29BrN4O3S. The minimum absolute atomic E-state index is 0.346. The minimum Gasteiger partial charge on any atom is -0.489 e. The van der Waals surface area contributed by atoms with Crippen molar-refractivity contribution >= 4 is 39.6 Å². The Morgan fingerprint density at radius 1 is 1.20 bits per heavy atom. The molecule has 0 saturated carbocycles. The maximum absolute atomic E-state index is 13.3. The number of nitrogens with one attached hydrogen (secondary N) is 1. The van der Waals surface area contributed by atoms with Gasteiger partial charge in [0, 0.05) is 15.7 Å². The first kappa shape index (κ1) is 25.3. The van der Waals surface area contributed by atoms with Gasteiger partial charge in [-0.25, -0.2) is 9.48 Å². The molecule has 1 N–H and O–H groups in total. The number of aryl methyl sites for hydroxylation is 1. The first-order valence-electron chi connectivity index (χ1n) is 11.6. The van der Waals surface area contributed by atoms with Crippen LogP contribution in [0.15, 0.2) is 63.4 Å². The Hall–Kier alpha value is -2.78. The Morgan fingerprint density at radius 3 is 2.74 bits per heavy atom. The SMILES string of the molecule is CCCOC(=O)C1=C(C)Nc2nc(SCC)nn2C1c1cc(Br)ccc1OCc1ccccc1C. The molecule has 3 aromatic rings. The lowest BCUT2D eigenvalue weighted by atomic mass is 9.95. The van der Waals surface area contributed by atoms with Crippen molar-refractivity contribution in [2.75, 3.05) is 17.7 Å². The molecule has 0 aliphatic carbocycles. The van der Waals surface area contributed by atoms with E-state index in [1.807, 2.05) is 44.2 Å². The summed E-state index contributed by atoms with van der Waals surface area (Å²) in [7, 11) is 0. The lowest BCUT2D eigenvalue weighted by Gasteiger charge is -2.29. The molecule has 1 atom stereocenters. The quantitative estimate of drug-likeness (QED) is 0.245. The highest BCUT2D eigenvalue weighted by molar-refractivity contribution is 9.10. The first-order chi connectivity index (χ1) is 16.9. The monoisotopic (exact) mass is 556 g/mol. The van der Waals surface area contributed by atoms with E-state index >= 15 is 0 Å². The van der Waals surface area contributed by atoms with Crippen molar-refractivity contribution in [1.29, 1.82) is 0 Å². The Labute approximate surface area is 218 Å². The van der Waals surface area contributed by atoms with Gasteiger partial charge in [0.25, 0.3) is 0 Å². The van der Waals surface area contributed by atoms with Crippen LogP contribution in [0.1, 0.15) is 49.9 Å². The van der Waals surface area contributed by atoms with Crippen molar-refractivity contribution in [2.24, 2.45) is 0 Å². The molecule has 1 aromatic heterocycles. The predicted octanol–water partition coefficient (Wildman–Crippen LogP) is 6.28. The molecule has 0 amide bonds. The standard InChI is InChI=1S/C26H29BrN4O3S/c1-5-13-33-24(32)22-17(4)28-25-29-26(35-6-2)30-31(25)23(22)20-14-19(27)11-12-21(20)34-15-18-10-8-7-9-16(18)3/h7-12,14,23H,5-6,13,15H2,1-4H3,(H,28,29,30). The van der Waals surface area contributed by atoms with Gasteiger partial charge in [-0.05, 0) is 55.3 Å². The lowest BCUT2D eigenvalue weighted by molar-refractivity contribution is -0.139. The number of thioether (sulfide) groups is 1. The van der Waals surface area contributed by atoms with E-state index in [4.69, 9.17) is 14.6 Å². The maximum Gasteiger partial charge on any atom is 0.338 e. The number of hydrogen-bond donors (Lipinski definition) is 1. The topological polar surface area (TPSA) is 78.3 Å². The molecule has 2 aromatic carbocycles. The van der Waals surface area contributed by atoms with E-state index in [-0.39, 0.29) is 5.97 Å². The van der Waals surface area contributed by atoms with Crippen LogP contribution >= 0.6 is 27.7 Å². The molecule has 1 unspecified atom stereocenters. The second-order valence-electron chi connectivity index (χ2n) is 8.20. The number of esters is 1. The molecule has 2 heterocycles. The van der Waals surface area contributed by atoms with E-state index in [0.717, 1.165) is 33.3 Å². The zero-order chi connectivity index (χ0) is 24.9. The molecule has 0 spiro atoms. The molecule has 35 heavy (non-hydrogen) atoms. The van der Waals surface area contributed by atoms with Crippen molar-refractivity contribution in [2.45, 2.75) is 51.9 Å². The average molecular weight is 558 g/mol. The van der Waals surface area contributed by atoms with Gasteiger partial charge in [-0.2, -0.15) is 4.98 Å². The van der Waals surface area contributed by atoms with E-state index in [0.29, 0.717) is 41.3 Å². The van der Waals surface area contributed by atoms with Crippen molar-refractivity contribution in [3.05, 3.63) is 74.9 Å². The van der Waals surface area contributed by atoms with Crippen LogP contribution < -0.4 is 10.1 Å². The second-order valence-corrected chi connectivity index (χ2v) is 10.3. The van der Waals surface area contributed by atoms with Crippen LogP contribution in [0.3, 0.4) is 0 Å². The summed E-state index contributed by atoms with van der Waals surface area (Å²) in [5.41, 5.74) is 4.24. The van der Waals surface area contributed by atoms with Gasteiger partial charge in [0.1, 0.15) is 18.4 Å². The molecule has 0 radical (unpaired) electrons. The highest BCUT2D eigenvalue weighted by Gasteiger charge is 2.37. The van der Waals surface area contributed by atoms with Gasteiger partial charge >= 0.3 is 5.97 Å². The summed E-state index contributed by atoms with van der Waals surface area (Å²) >= 11 is 5.15. The largest absolute Gasteiger partial charge is 0.489 e. The number of ether oxygens (including phenoxy) is 2. The van der Waals surface area contributed by atoms with E-state index in [1.54, 1.807) is 16.4 Å². The van der Waals surface area contributed by atoms with Crippen molar-refractivity contribution in [1.82, 2.24) is 14.8 Å². The number of carbonyl (C=O) groups excluding carboxylic acids is 1. The third-order valence-electron chi connectivity index (χ3n) is 5.67. The van der Waals surface area contributed by atoms with Crippen LogP contribution in [0, 0.1) is 6.92 Å². The molecule has 7 nitrogen and oxygen atoms in total. The lowest BCUT2D eigenvalue weighted by Crippen LogP contribution is -2.30. The molecule has 184 valence electrons. The fourth-order valence-electron chi connectivity index (χ4n) is 3.94. The Kier molecular flexibility index (Phi) is 8.18. The summed E-state index contributed by atoms with van der Waals surface area (Å²) in [6.07, 6.45) is 0.740. The molecule has 9 heteroatoms. The third-order valence-corrected chi connectivity index (χ3v) is 6.89. The molecular weight excluding hydrogens is 528 g/mol. The summed E-state index contributed by atoms with van der Waals surface area (Å²) in [4.78, 5) is 17.9. The Balaban J connectivity index is 1.80. The van der Waals surface area contributed by atoms with E-state index in [1.165, 1.54) is 0 Å². The average Bonchev–Trinajstić information content (AvgIpc) is 3.23. The molecule has 4 rings (SSSR count). The molecule has 0 saturated heterocycles. The first-order valence-corrected chi connectivity index (χ1v) is 13.4. The van der Waals surface area contributed by atoms with Gasteiger partial charge in [-0.3, -0.25) is 0 Å². The van der Waals surface area contributed by atoms with Gasteiger partial charge in [-0.15, -0.1) is 5.10 Å². The number of anilines is 1. The van der Waals surface area contributed by atoms with E-state index in [9.17, 15) is 4.79 Å². The number of rotatable bonds is 9. The van der Waals surface area contributed by atoms with Gasteiger partial charge in [0.2, 0.25) is 11.1 Å². The summed E-state index contributed by atoms with van der Waals surface area (Å²) in [5, 5.41) is 8.64. The number of hydrogen-bond acceptors (Lipinski definition) is 7. The maximum atomic E-state index is 13.3. The smallest absolute Gasteiger partial charge is 0.338 e. The zero-order valence-corrected chi connectivity index (χ0v) is 22.7. The van der Waals surface area contributed by atoms with Crippen LogP contribution in [0.2, 0.25) is 0 Å². The zero-order valence-electron chi connectivity index (χ0n) is 20.3. The summed E-state index contributed by atoms with van der Waals surface area (Å²) in [6.45, 7) is 8.71.